The molecular formula is C14H12F3N7. The molecular weight excluding hydrogens is 323 g/mol. The Bertz CT molecular complexity index is 830. The number of pyridine rings is 1. The van der Waals surface area contributed by atoms with Gasteiger partial charge in [-0.2, -0.15) is 18.3 Å². The summed E-state index contributed by atoms with van der Waals surface area (Å²) in [5, 5.41) is 6.71. The lowest BCUT2D eigenvalue weighted by Gasteiger charge is -2.11. The second kappa shape index (κ2) is 6.22. The van der Waals surface area contributed by atoms with E-state index >= 15 is 0 Å². The van der Waals surface area contributed by atoms with Gasteiger partial charge in [0.2, 0.25) is 0 Å². The van der Waals surface area contributed by atoms with Crippen LogP contribution in [0.3, 0.4) is 0 Å². The molecule has 1 N–H and O–H groups in total. The predicted molar refractivity (Wildman–Crippen MR) is 78.6 cm³/mol. The van der Waals surface area contributed by atoms with Crippen molar-refractivity contribution < 1.29 is 13.2 Å². The van der Waals surface area contributed by atoms with Crippen LogP contribution in [0.1, 0.15) is 11.5 Å². The van der Waals surface area contributed by atoms with Gasteiger partial charge in [-0.1, -0.05) is 0 Å². The lowest BCUT2D eigenvalue weighted by Crippen LogP contribution is -2.13. The van der Waals surface area contributed by atoms with Crippen molar-refractivity contribution in [1.82, 2.24) is 29.7 Å². The van der Waals surface area contributed by atoms with Crippen LogP contribution in [-0.2, 0) is 19.8 Å². The number of halogens is 3. The number of hydrogen-bond acceptors (Lipinski definition) is 6. The van der Waals surface area contributed by atoms with Gasteiger partial charge in [-0.05, 0) is 12.1 Å². The molecule has 3 heterocycles. The molecule has 0 amide bonds. The van der Waals surface area contributed by atoms with Crippen LogP contribution in [0, 0.1) is 0 Å². The predicted octanol–water partition coefficient (Wildman–Crippen LogP) is 2.30. The van der Waals surface area contributed by atoms with E-state index in [0.29, 0.717) is 11.4 Å². The van der Waals surface area contributed by atoms with Crippen LogP contribution < -0.4 is 5.32 Å². The molecule has 0 aliphatic heterocycles. The van der Waals surface area contributed by atoms with Crippen LogP contribution in [-0.4, -0.2) is 29.7 Å². The molecule has 0 bridgehead atoms. The number of nitrogens with zero attached hydrogens (tertiary/aromatic N) is 6. The van der Waals surface area contributed by atoms with Crippen molar-refractivity contribution in [3.8, 4) is 11.4 Å². The fraction of sp³-hybridized carbons (Fsp3) is 0.214. The van der Waals surface area contributed by atoms with E-state index in [2.05, 4.69) is 30.4 Å². The quantitative estimate of drug-likeness (QED) is 0.788. The van der Waals surface area contributed by atoms with E-state index in [0.717, 1.165) is 6.07 Å². The smallest absolute Gasteiger partial charge is 0.363 e. The van der Waals surface area contributed by atoms with Crippen LogP contribution in [0.15, 0.2) is 36.9 Å². The van der Waals surface area contributed by atoms with Crippen molar-refractivity contribution >= 4 is 5.82 Å². The summed E-state index contributed by atoms with van der Waals surface area (Å²) in [6.07, 6.45) is -0.299. The lowest BCUT2D eigenvalue weighted by molar-refractivity contribution is -0.141. The third-order valence-electron chi connectivity index (χ3n) is 3.17. The molecule has 0 aliphatic rings. The van der Waals surface area contributed by atoms with E-state index in [4.69, 9.17) is 0 Å². The largest absolute Gasteiger partial charge is 0.433 e. The molecule has 0 atom stereocenters. The third-order valence-corrected chi connectivity index (χ3v) is 3.17. The van der Waals surface area contributed by atoms with Gasteiger partial charge in [-0.3, -0.25) is 9.67 Å². The van der Waals surface area contributed by atoms with Crippen LogP contribution >= 0.6 is 0 Å². The van der Waals surface area contributed by atoms with Gasteiger partial charge in [0.25, 0.3) is 0 Å². The molecule has 24 heavy (non-hydrogen) atoms. The molecule has 124 valence electrons. The first-order valence-corrected chi connectivity index (χ1v) is 6.87. The summed E-state index contributed by atoms with van der Waals surface area (Å²) in [4.78, 5) is 15.6. The third kappa shape index (κ3) is 3.47. The SMILES string of the molecule is Cn1ncnc1CNc1cc(C(F)(F)F)nc(-c2cccnc2)n1. The zero-order chi connectivity index (χ0) is 17.2. The maximum Gasteiger partial charge on any atom is 0.433 e. The van der Waals surface area contributed by atoms with E-state index in [1.54, 1.807) is 19.2 Å². The van der Waals surface area contributed by atoms with Crippen LogP contribution in [0.4, 0.5) is 19.0 Å². The zero-order valence-corrected chi connectivity index (χ0v) is 12.5. The van der Waals surface area contributed by atoms with Crippen molar-refractivity contribution in [2.45, 2.75) is 12.7 Å². The van der Waals surface area contributed by atoms with Crippen LogP contribution in [0.25, 0.3) is 11.4 Å². The van der Waals surface area contributed by atoms with Gasteiger partial charge in [0, 0.05) is 31.1 Å². The van der Waals surface area contributed by atoms with E-state index in [1.165, 1.54) is 23.4 Å². The molecule has 3 aromatic heterocycles. The molecule has 0 aromatic carbocycles. The lowest BCUT2D eigenvalue weighted by atomic mass is 10.2. The van der Waals surface area contributed by atoms with Crippen LogP contribution in [0.2, 0.25) is 0 Å². The Morgan fingerprint density at radius 1 is 1.25 bits per heavy atom. The van der Waals surface area contributed by atoms with E-state index in [-0.39, 0.29) is 18.2 Å². The van der Waals surface area contributed by atoms with Gasteiger partial charge in [-0.15, -0.1) is 0 Å². The number of nitrogens with one attached hydrogen (secondary N) is 1. The Hall–Kier alpha value is -3.04. The van der Waals surface area contributed by atoms with Crippen molar-refractivity contribution in [2.24, 2.45) is 7.05 Å². The summed E-state index contributed by atoms with van der Waals surface area (Å²) in [5.74, 6) is 0.544. The number of aryl methyl sites for hydroxylation is 1. The fourth-order valence-electron chi connectivity index (χ4n) is 1.96. The fourth-order valence-corrected chi connectivity index (χ4v) is 1.96. The molecule has 7 nitrogen and oxygen atoms in total. The summed E-state index contributed by atoms with van der Waals surface area (Å²) in [6.45, 7) is 0.178. The molecule has 0 saturated heterocycles. The zero-order valence-electron chi connectivity index (χ0n) is 12.5. The molecule has 0 saturated carbocycles. The molecule has 3 aromatic rings. The first-order chi connectivity index (χ1) is 11.4. The van der Waals surface area contributed by atoms with Crippen molar-refractivity contribution in [3.63, 3.8) is 0 Å². The number of alkyl halides is 3. The minimum Gasteiger partial charge on any atom is -0.363 e. The van der Waals surface area contributed by atoms with Gasteiger partial charge in [0.15, 0.2) is 11.5 Å². The summed E-state index contributed by atoms with van der Waals surface area (Å²) in [6, 6.07) is 4.05. The van der Waals surface area contributed by atoms with Gasteiger partial charge in [0.05, 0.1) is 6.54 Å². The van der Waals surface area contributed by atoms with Gasteiger partial charge in [-0.25, -0.2) is 15.0 Å². The highest BCUT2D eigenvalue weighted by Crippen LogP contribution is 2.30. The highest BCUT2D eigenvalue weighted by atomic mass is 19.4. The van der Waals surface area contributed by atoms with Crippen molar-refractivity contribution in [1.29, 1.82) is 0 Å². The molecule has 10 heteroatoms. The minimum absolute atomic E-state index is 0.0409. The average molecular weight is 335 g/mol. The topological polar surface area (TPSA) is 81.4 Å². The highest BCUT2D eigenvalue weighted by Gasteiger charge is 2.33. The van der Waals surface area contributed by atoms with Crippen molar-refractivity contribution in [2.75, 3.05) is 5.32 Å². The Balaban J connectivity index is 1.94. The monoisotopic (exact) mass is 335 g/mol. The van der Waals surface area contributed by atoms with E-state index in [9.17, 15) is 13.2 Å². The van der Waals surface area contributed by atoms with E-state index < -0.39 is 11.9 Å². The number of aromatic nitrogens is 6. The normalized spacial score (nSPS) is 11.5. The molecule has 0 aliphatic carbocycles. The number of hydrogen-bond donors (Lipinski definition) is 1. The molecule has 0 unspecified atom stereocenters. The Morgan fingerprint density at radius 3 is 2.71 bits per heavy atom. The average Bonchev–Trinajstić information content (AvgIpc) is 2.98. The van der Waals surface area contributed by atoms with Crippen LogP contribution in [0.5, 0.6) is 0 Å². The summed E-state index contributed by atoms with van der Waals surface area (Å²) < 4.78 is 40.8. The molecule has 0 fully saturated rings. The summed E-state index contributed by atoms with van der Waals surface area (Å²) >= 11 is 0. The maximum atomic E-state index is 13.1. The summed E-state index contributed by atoms with van der Waals surface area (Å²) in [7, 11) is 1.69. The second-order valence-electron chi connectivity index (χ2n) is 4.85. The number of anilines is 1. The highest BCUT2D eigenvalue weighted by molar-refractivity contribution is 5.56. The molecule has 0 radical (unpaired) electrons. The maximum absolute atomic E-state index is 13.1. The van der Waals surface area contributed by atoms with Crippen molar-refractivity contribution in [3.05, 3.63) is 48.4 Å². The second-order valence-corrected chi connectivity index (χ2v) is 4.85. The standard InChI is InChI=1S/C14H12F3N7/c1-24-12(20-8-21-24)7-19-11-5-10(14(15,16)17)22-13(23-11)9-3-2-4-18-6-9/h2-6,8H,7H2,1H3,(H,19,22,23). The van der Waals surface area contributed by atoms with Gasteiger partial charge >= 0.3 is 6.18 Å². The molecule has 3 rings (SSSR count). The first-order valence-electron chi connectivity index (χ1n) is 6.87. The van der Waals surface area contributed by atoms with E-state index in [1.807, 2.05) is 0 Å². The Kier molecular flexibility index (Phi) is 4.11. The molecule has 0 spiro atoms. The number of rotatable bonds is 4. The minimum atomic E-state index is -4.58. The summed E-state index contributed by atoms with van der Waals surface area (Å²) in [5.41, 5.74) is -0.637. The Morgan fingerprint density at radius 2 is 2.08 bits per heavy atom. The Labute approximate surface area is 134 Å². The first kappa shape index (κ1) is 15.8. The van der Waals surface area contributed by atoms with Gasteiger partial charge < -0.3 is 5.32 Å². The van der Waals surface area contributed by atoms with Gasteiger partial charge in [0.1, 0.15) is 18.0 Å².